The van der Waals surface area contributed by atoms with Gasteiger partial charge in [-0.2, -0.15) is 0 Å². The van der Waals surface area contributed by atoms with Crippen LogP contribution < -0.4 is 0 Å². The Morgan fingerprint density at radius 2 is 2.19 bits per heavy atom. The van der Waals surface area contributed by atoms with Crippen molar-refractivity contribution in [1.82, 2.24) is 0 Å². The van der Waals surface area contributed by atoms with Crippen molar-refractivity contribution in [2.75, 3.05) is 6.54 Å². The van der Waals surface area contributed by atoms with Crippen LogP contribution in [0.4, 0.5) is 0 Å². The van der Waals surface area contributed by atoms with E-state index in [1.54, 1.807) is 13.0 Å². The summed E-state index contributed by atoms with van der Waals surface area (Å²) in [6, 6.07) is 8.11. The molecule has 16 heavy (non-hydrogen) atoms. The number of aliphatic hydroxyl groups excluding tert-OH is 1. The molecule has 0 saturated carbocycles. The van der Waals surface area contributed by atoms with E-state index in [4.69, 9.17) is 5.11 Å². The second-order valence-electron chi connectivity index (χ2n) is 3.40. The maximum Gasteiger partial charge on any atom is 0.129 e. The van der Waals surface area contributed by atoms with Crippen LogP contribution in [0.5, 0.6) is 0 Å². The zero-order valence-electron chi connectivity index (χ0n) is 9.56. The van der Waals surface area contributed by atoms with Crippen LogP contribution in [-0.4, -0.2) is 17.9 Å². The summed E-state index contributed by atoms with van der Waals surface area (Å²) in [5.41, 5.74) is 2.38. The Balaban J connectivity index is 2.55. The zero-order valence-corrected chi connectivity index (χ0v) is 9.56. The second kappa shape index (κ2) is 6.62. The standard InChI is InChI=1S/C14H17NO/c1-3-12-7-5-6-8-13(12)9-10-15-11-14(16)4-2/h3-8,11,16H,1,9-10H2,2H3/b14-4+,15-11?. The summed E-state index contributed by atoms with van der Waals surface area (Å²) in [4.78, 5) is 4.14. The van der Waals surface area contributed by atoms with Gasteiger partial charge in [0.25, 0.3) is 0 Å². The number of benzene rings is 1. The van der Waals surface area contributed by atoms with Crippen LogP contribution in [0.2, 0.25) is 0 Å². The summed E-state index contributed by atoms with van der Waals surface area (Å²) in [5.74, 6) is 0.206. The molecule has 0 unspecified atom stereocenters. The van der Waals surface area contributed by atoms with Crippen molar-refractivity contribution < 1.29 is 5.11 Å². The van der Waals surface area contributed by atoms with E-state index in [2.05, 4.69) is 17.6 Å². The Morgan fingerprint density at radius 3 is 2.88 bits per heavy atom. The normalized spacial score (nSPS) is 11.9. The molecule has 2 nitrogen and oxygen atoms in total. The quantitative estimate of drug-likeness (QED) is 0.592. The van der Waals surface area contributed by atoms with Gasteiger partial charge in [0.05, 0.1) is 6.21 Å². The van der Waals surface area contributed by atoms with Gasteiger partial charge in [0.15, 0.2) is 0 Å². The number of nitrogens with zero attached hydrogens (tertiary/aromatic N) is 1. The number of hydrogen-bond donors (Lipinski definition) is 1. The fourth-order valence-electron chi connectivity index (χ4n) is 1.38. The number of hydrogen-bond acceptors (Lipinski definition) is 2. The van der Waals surface area contributed by atoms with Crippen LogP contribution in [0.1, 0.15) is 18.1 Å². The maximum absolute atomic E-state index is 9.15. The van der Waals surface area contributed by atoms with Crippen molar-refractivity contribution in [1.29, 1.82) is 0 Å². The molecule has 0 saturated heterocycles. The molecule has 0 aliphatic rings. The van der Waals surface area contributed by atoms with E-state index in [1.807, 2.05) is 24.3 Å². The highest BCUT2D eigenvalue weighted by Gasteiger charge is 1.96. The van der Waals surface area contributed by atoms with E-state index >= 15 is 0 Å². The lowest BCUT2D eigenvalue weighted by Gasteiger charge is -2.02. The Hall–Kier alpha value is -1.83. The average Bonchev–Trinajstić information content (AvgIpc) is 2.34. The fourth-order valence-corrected chi connectivity index (χ4v) is 1.38. The van der Waals surface area contributed by atoms with Crippen molar-refractivity contribution in [2.45, 2.75) is 13.3 Å². The van der Waals surface area contributed by atoms with Gasteiger partial charge >= 0.3 is 0 Å². The van der Waals surface area contributed by atoms with E-state index in [0.29, 0.717) is 6.54 Å². The molecule has 1 N–H and O–H groups in total. The van der Waals surface area contributed by atoms with Crippen LogP contribution >= 0.6 is 0 Å². The summed E-state index contributed by atoms with van der Waals surface area (Å²) in [7, 11) is 0. The summed E-state index contributed by atoms with van der Waals surface area (Å²) in [6.45, 7) is 6.22. The van der Waals surface area contributed by atoms with E-state index in [9.17, 15) is 0 Å². The molecule has 0 aliphatic carbocycles. The van der Waals surface area contributed by atoms with Crippen molar-refractivity contribution >= 4 is 12.3 Å². The van der Waals surface area contributed by atoms with Crippen molar-refractivity contribution in [3.63, 3.8) is 0 Å². The molecule has 0 aromatic heterocycles. The summed E-state index contributed by atoms with van der Waals surface area (Å²) in [6.07, 6.45) is 5.80. The Kier molecular flexibility index (Phi) is 5.06. The van der Waals surface area contributed by atoms with Gasteiger partial charge in [-0.1, -0.05) is 36.9 Å². The molecule has 1 aromatic rings. The molecule has 0 atom stereocenters. The van der Waals surface area contributed by atoms with Gasteiger partial charge in [-0.15, -0.1) is 0 Å². The van der Waals surface area contributed by atoms with Crippen LogP contribution in [0.15, 0.2) is 47.7 Å². The summed E-state index contributed by atoms with van der Waals surface area (Å²) in [5, 5.41) is 9.15. The minimum absolute atomic E-state index is 0.206. The van der Waals surface area contributed by atoms with Crippen molar-refractivity contribution in [2.24, 2.45) is 4.99 Å². The smallest absolute Gasteiger partial charge is 0.129 e. The molecule has 0 radical (unpaired) electrons. The summed E-state index contributed by atoms with van der Waals surface area (Å²) < 4.78 is 0. The molecular formula is C14H17NO. The van der Waals surface area contributed by atoms with Crippen LogP contribution in [-0.2, 0) is 6.42 Å². The topological polar surface area (TPSA) is 32.6 Å². The van der Waals surface area contributed by atoms with Gasteiger partial charge in [0.1, 0.15) is 5.76 Å². The number of aliphatic imine (C=N–C) groups is 1. The fraction of sp³-hybridized carbons (Fsp3) is 0.214. The monoisotopic (exact) mass is 215 g/mol. The van der Waals surface area contributed by atoms with E-state index < -0.39 is 0 Å². The zero-order chi connectivity index (χ0) is 11.8. The van der Waals surface area contributed by atoms with Crippen LogP contribution in [0.25, 0.3) is 6.08 Å². The SMILES string of the molecule is C=Cc1ccccc1CCN=C/C(O)=C\C. The summed E-state index contributed by atoms with van der Waals surface area (Å²) >= 11 is 0. The van der Waals surface area contributed by atoms with E-state index in [0.717, 1.165) is 12.0 Å². The first kappa shape index (κ1) is 12.2. The highest BCUT2D eigenvalue weighted by atomic mass is 16.3. The molecule has 0 bridgehead atoms. The van der Waals surface area contributed by atoms with Crippen LogP contribution in [0, 0.1) is 0 Å². The molecule has 0 amide bonds. The van der Waals surface area contributed by atoms with E-state index in [1.165, 1.54) is 11.8 Å². The Morgan fingerprint density at radius 1 is 1.44 bits per heavy atom. The lowest BCUT2D eigenvalue weighted by Crippen LogP contribution is -1.93. The average molecular weight is 215 g/mol. The molecule has 1 rings (SSSR count). The van der Waals surface area contributed by atoms with Gasteiger partial charge in [-0.05, 0) is 30.5 Å². The predicted molar refractivity (Wildman–Crippen MR) is 70.0 cm³/mol. The second-order valence-corrected chi connectivity index (χ2v) is 3.40. The molecule has 0 aliphatic heterocycles. The third kappa shape index (κ3) is 3.73. The maximum atomic E-state index is 9.15. The Bertz CT molecular complexity index is 405. The minimum Gasteiger partial charge on any atom is -0.507 e. The molecule has 2 heteroatoms. The molecule has 0 heterocycles. The first-order chi connectivity index (χ1) is 7.77. The van der Waals surface area contributed by atoms with Gasteiger partial charge < -0.3 is 5.11 Å². The highest BCUT2D eigenvalue weighted by molar-refractivity contribution is 5.75. The number of rotatable bonds is 5. The first-order valence-corrected chi connectivity index (χ1v) is 5.33. The van der Waals surface area contributed by atoms with E-state index in [-0.39, 0.29) is 5.76 Å². The lowest BCUT2D eigenvalue weighted by molar-refractivity contribution is 0.445. The minimum atomic E-state index is 0.206. The molecular weight excluding hydrogens is 198 g/mol. The van der Waals surface area contributed by atoms with Crippen molar-refractivity contribution in [3.05, 3.63) is 53.8 Å². The van der Waals surface area contributed by atoms with Crippen LogP contribution in [0.3, 0.4) is 0 Å². The van der Waals surface area contributed by atoms with Crippen molar-refractivity contribution in [3.8, 4) is 0 Å². The third-order valence-corrected chi connectivity index (χ3v) is 2.30. The first-order valence-electron chi connectivity index (χ1n) is 5.33. The van der Waals surface area contributed by atoms with Gasteiger partial charge in [-0.25, -0.2) is 0 Å². The third-order valence-electron chi connectivity index (χ3n) is 2.30. The van der Waals surface area contributed by atoms with Gasteiger partial charge in [0, 0.05) is 6.54 Å². The lowest BCUT2D eigenvalue weighted by atomic mass is 10.1. The highest BCUT2D eigenvalue weighted by Crippen LogP contribution is 2.10. The molecule has 1 aromatic carbocycles. The molecule has 84 valence electrons. The Labute approximate surface area is 96.7 Å². The molecule has 0 fully saturated rings. The van der Waals surface area contributed by atoms with Gasteiger partial charge in [0.2, 0.25) is 0 Å². The largest absolute Gasteiger partial charge is 0.507 e. The number of aliphatic hydroxyl groups is 1. The van der Waals surface area contributed by atoms with Gasteiger partial charge in [-0.3, -0.25) is 4.99 Å². The predicted octanol–water partition coefficient (Wildman–Crippen LogP) is 3.40. The number of allylic oxidation sites excluding steroid dienone is 2. The molecule has 0 spiro atoms.